The van der Waals surface area contributed by atoms with Crippen molar-refractivity contribution in [2.24, 2.45) is 18.9 Å². The van der Waals surface area contributed by atoms with E-state index in [1.54, 1.807) is 30.2 Å². The van der Waals surface area contributed by atoms with Crippen molar-refractivity contribution in [2.45, 2.75) is 71.4 Å². The van der Waals surface area contributed by atoms with Gasteiger partial charge in [-0.2, -0.15) is 10.2 Å². The fourth-order valence-corrected chi connectivity index (χ4v) is 6.44. The number of carbonyl (C=O) groups is 2. The molecule has 216 valence electrons. The predicted octanol–water partition coefficient (Wildman–Crippen LogP) is 3.26. The average molecular weight is 556 g/mol. The molecule has 2 fully saturated rings. The SMILES string of the molecule is CCc1c(N2CCCC3C=C(c4cnn(C)c4)C(C(F)F)=CC32)nn(C[C@H]2CCNC(=O)C2)c1CCNC(C)=O. The highest BCUT2D eigenvalue weighted by Gasteiger charge is 2.38. The molecule has 2 saturated heterocycles. The number of anilines is 1. The van der Waals surface area contributed by atoms with Crippen molar-refractivity contribution in [2.75, 3.05) is 24.5 Å². The summed E-state index contributed by atoms with van der Waals surface area (Å²) in [5.74, 6) is 1.05. The summed E-state index contributed by atoms with van der Waals surface area (Å²) in [6.07, 6.45) is 9.09. The number of allylic oxidation sites excluding steroid dienone is 2. The van der Waals surface area contributed by atoms with Crippen molar-refractivity contribution >= 4 is 23.2 Å². The van der Waals surface area contributed by atoms with Gasteiger partial charge in [-0.25, -0.2) is 8.78 Å². The van der Waals surface area contributed by atoms with Gasteiger partial charge in [-0.15, -0.1) is 0 Å². The van der Waals surface area contributed by atoms with Crippen LogP contribution in [0.3, 0.4) is 0 Å². The summed E-state index contributed by atoms with van der Waals surface area (Å²) in [6, 6.07) is -0.226. The number of alkyl halides is 2. The average Bonchev–Trinajstić information content (AvgIpc) is 3.50. The minimum atomic E-state index is -2.61. The number of carbonyl (C=O) groups excluding carboxylic acids is 2. The van der Waals surface area contributed by atoms with Crippen molar-refractivity contribution in [1.29, 1.82) is 0 Å². The zero-order valence-corrected chi connectivity index (χ0v) is 23.5. The summed E-state index contributed by atoms with van der Waals surface area (Å²) in [7, 11) is 1.79. The van der Waals surface area contributed by atoms with Gasteiger partial charge in [0.1, 0.15) is 0 Å². The van der Waals surface area contributed by atoms with Crippen LogP contribution in [-0.2, 0) is 36.0 Å². The number of rotatable bonds is 9. The van der Waals surface area contributed by atoms with E-state index in [4.69, 9.17) is 5.10 Å². The molecular weight excluding hydrogens is 516 g/mol. The molecule has 3 aliphatic rings. The second-order valence-electron chi connectivity index (χ2n) is 11.1. The molecule has 5 rings (SSSR count). The number of hydrogen-bond donors (Lipinski definition) is 2. The lowest BCUT2D eigenvalue weighted by Gasteiger charge is -2.42. The van der Waals surface area contributed by atoms with E-state index in [-0.39, 0.29) is 35.3 Å². The van der Waals surface area contributed by atoms with Gasteiger partial charge in [0.15, 0.2) is 5.82 Å². The lowest BCUT2D eigenvalue weighted by molar-refractivity contribution is -0.123. The Kier molecular flexibility index (Phi) is 8.37. The maximum Gasteiger partial charge on any atom is 0.264 e. The molecule has 0 bridgehead atoms. The quantitative estimate of drug-likeness (QED) is 0.495. The van der Waals surface area contributed by atoms with Crippen molar-refractivity contribution in [1.82, 2.24) is 30.2 Å². The third-order valence-electron chi connectivity index (χ3n) is 8.31. The summed E-state index contributed by atoms with van der Waals surface area (Å²) in [6.45, 7) is 6.07. The van der Waals surface area contributed by atoms with Gasteiger partial charge in [-0.05, 0) is 37.2 Å². The molecule has 0 aromatic carbocycles. The van der Waals surface area contributed by atoms with Gasteiger partial charge >= 0.3 is 0 Å². The third-order valence-corrected chi connectivity index (χ3v) is 8.31. The number of fused-ring (bicyclic) bond motifs is 1. The van der Waals surface area contributed by atoms with Crippen LogP contribution in [0.15, 0.2) is 30.1 Å². The highest BCUT2D eigenvalue weighted by Crippen LogP contribution is 2.41. The van der Waals surface area contributed by atoms with Crippen molar-refractivity contribution in [3.8, 4) is 0 Å². The summed E-state index contributed by atoms with van der Waals surface area (Å²) in [5, 5.41) is 15.1. The topological polar surface area (TPSA) is 97.1 Å². The largest absolute Gasteiger partial charge is 0.356 e. The number of amides is 2. The van der Waals surface area contributed by atoms with Gasteiger partial charge in [0.2, 0.25) is 11.8 Å². The zero-order valence-electron chi connectivity index (χ0n) is 23.5. The van der Waals surface area contributed by atoms with Gasteiger partial charge < -0.3 is 15.5 Å². The van der Waals surface area contributed by atoms with E-state index in [2.05, 4.69) is 27.6 Å². The molecule has 11 heteroatoms. The van der Waals surface area contributed by atoms with E-state index in [0.29, 0.717) is 43.6 Å². The number of piperidine rings is 2. The van der Waals surface area contributed by atoms with Crippen LogP contribution in [0.5, 0.6) is 0 Å². The Labute approximate surface area is 233 Å². The number of halogens is 2. The smallest absolute Gasteiger partial charge is 0.264 e. The van der Waals surface area contributed by atoms with Crippen LogP contribution < -0.4 is 15.5 Å². The Hall–Kier alpha value is -3.50. The monoisotopic (exact) mass is 555 g/mol. The van der Waals surface area contributed by atoms with Crippen LogP contribution in [0.2, 0.25) is 0 Å². The Balaban J connectivity index is 1.51. The van der Waals surface area contributed by atoms with Gasteiger partial charge in [-0.1, -0.05) is 19.1 Å². The molecule has 3 atom stereocenters. The van der Waals surface area contributed by atoms with Crippen LogP contribution in [0.4, 0.5) is 14.6 Å². The fourth-order valence-electron chi connectivity index (χ4n) is 6.44. The summed E-state index contributed by atoms with van der Waals surface area (Å²) < 4.78 is 32.5. The highest BCUT2D eigenvalue weighted by atomic mass is 19.3. The molecule has 40 heavy (non-hydrogen) atoms. The van der Waals surface area contributed by atoms with Crippen molar-refractivity contribution in [3.63, 3.8) is 0 Å². The van der Waals surface area contributed by atoms with Crippen molar-refractivity contribution in [3.05, 3.63) is 46.9 Å². The van der Waals surface area contributed by atoms with Gasteiger partial charge in [0, 0.05) is 87.5 Å². The first-order chi connectivity index (χ1) is 19.2. The van der Waals surface area contributed by atoms with Crippen LogP contribution in [0.25, 0.3) is 5.57 Å². The molecule has 2 N–H and O–H groups in total. The molecule has 2 aromatic heterocycles. The Morgan fingerprint density at radius 3 is 2.77 bits per heavy atom. The maximum atomic E-state index is 14.4. The lowest BCUT2D eigenvalue weighted by Crippen LogP contribution is -2.46. The maximum absolute atomic E-state index is 14.4. The summed E-state index contributed by atoms with van der Waals surface area (Å²) in [5.41, 5.74) is 3.44. The second kappa shape index (κ2) is 11.9. The number of nitrogens with zero attached hydrogens (tertiary/aromatic N) is 5. The molecular formula is C29H39F2N7O2. The minimum absolute atomic E-state index is 0.0396. The third kappa shape index (κ3) is 5.83. The van der Waals surface area contributed by atoms with E-state index < -0.39 is 6.43 Å². The minimum Gasteiger partial charge on any atom is -0.356 e. The fraction of sp³-hybridized carbons (Fsp3) is 0.586. The second-order valence-corrected chi connectivity index (χ2v) is 11.1. The Morgan fingerprint density at radius 2 is 2.10 bits per heavy atom. The zero-order chi connectivity index (χ0) is 28.4. The molecule has 9 nitrogen and oxygen atoms in total. The van der Waals surface area contributed by atoms with E-state index in [0.717, 1.165) is 49.3 Å². The summed E-state index contributed by atoms with van der Waals surface area (Å²) in [4.78, 5) is 25.9. The standard InChI is InChI=1S/C29H39F2N7O2/c1-4-22-25(8-10-32-18(2)39)38(16-19-7-9-33-27(40)12-19)35-29(22)37-11-5-6-20-13-23(21-15-34-36(3)17-21)24(28(30)31)14-26(20)37/h13-15,17,19-20,26,28H,4-12,16H2,1-3H3,(H,32,39)(H,33,40)/t19-,20?,26?/m0/s1. The molecule has 2 aliphatic heterocycles. The molecule has 0 saturated carbocycles. The lowest BCUT2D eigenvalue weighted by atomic mass is 9.79. The first-order valence-corrected chi connectivity index (χ1v) is 14.3. The number of aromatic nitrogens is 4. The van der Waals surface area contributed by atoms with Crippen molar-refractivity contribution < 1.29 is 18.4 Å². The van der Waals surface area contributed by atoms with Crippen LogP contribution >= 0.6 is 0 Å². The molecule has 0 spiro atoms. The molecule has 1 aliphatic carbocycles. The van der Waals surface area contributed by atoms with E-state index in [1.807, 2.05) is 10.8 Å². The van der Waals surface area contributed by atoms with Crippen LogP contribution in [0, 0.1) is 11.8 Å². The summed E-state index contributed by atoms with van der Waals surface area (Å²) >= 11 is 0. The Morgan fingerprint density at radius 1 is 1.27 bits per heavy atom. The van der Waals surface area contributed by atoms with E-state index >= 15 is 0 Å². The highest BCUT2D eigenvalue weighted by molar-refractivity contribution is 5.81. The normalized spacial score (nSPS) is 23.0. The first kappa shape index (κ1) is 28.0. The van der Waals surface area contributed by atoms with Crippen LogP contribution in [-0.4, -0.2) is 63.5 Å². The number of aryl methyl sites for hydroxylation is 1. The molecule has 2 aromatic rings. The van der Waals surface area contributed by atoms with Gasteiger partial charge in [-0.3, -0.25) is 19.0 Å². The molecule has 0 radical (unpaired) electrons. The van der Waals surface area contributed by atoms with E-state index in [1.165, 1.54) is 6.92 Å². The Bertz CT molecular complexity index is 1310. The first-order valence-electron chi connectivity index (χ1n) is 14.3. The predicted molar refractivity (Wildman–Crippen MR) is 149 cm³/mol. The van der Waals surface area contributed by atoms with Gasteiger partial charge in [0.25, 0.3) is 6.43 Å². The number of nitrogens with one attached hydrogen (secondary N) is 2. The van der Waals surface area contributed by atoms with Gasteiger partial charge in [0.05, 0.1) is 12.2 Å². The van der Waals surface area contributed by atoms with Crippen LogP contribution in [0.1, 0.15) is 56.4 Å². The van der Waals surface area contributed by atoms with E-state index in [9.17, 15) is 18.4 Å². The molecule has 2 amide bonds. The number of hydrogen-bond acceptors (Lipinski definition) is 5. The molecule has 4 heterocycles. The molecule has 2 unspecified atom stereocenters.